The molecule has 1 aliphatic heterocycles. The first-order valence-corrected chi connectivity index (χ1v) is 7.07. The third kappa shape index (κ3) is 4.23. The molecule has 106 valence electrons. The van der Waals surface area contributed by atoms with Gasteiger partial charge in [0.15, 0.2) is 0 Å². The molecule has 2 amide bonds. The molecule has 1 rings (SSSR count). The largest absolute Gasteiger partial charge is 0.341 e. The lowest BCUT2D eigenvalue weighted by Crippen LogP contribution is -2.39. The van der Waals surface area contributed by atoms with Crippen LogP contribution in [0.5, 0.6) is 0 Å². The zero-order chi connectivity index (χ0) is 14.3. The average Bonchev–Trinajstić information content (AvgIpc) is 2.66. The Balaban J connectivity index is 2.57. The van der Waals surface area contributed by atoms with Crippen molar-refractivity contribution in [3.05, 3.63) is 0 Å². The van der Waals surface area contributed by atoms with E-state index in [1.54, 1.807) is 4.90 Å². The summed E-state index contributed by atoms with van der Waals surface area (Å²) >= 11 is 0. The number of hydrogen-bond donors (Lipinski definition) is 0. The van der Waals surface area contributed by atoms with E-state index < -0.39 is 0 Å². The van der Waals surface area contributed by atoms with E-state index >= 15 is 0 Å². The Morgan fingerprint density at radius 1 is 1.11 bits per heavy atom. The summed E-state index contributed by atoms with van der Waals surface area (Å²) in [4.78, 5) is 27.5. The second-order valence-electron chi connectivity index (χ2n) is 4.91. The lowest BCUT2D eigenvalue weighted by Gasteiger charge is -2.25. The summed E-state index contributed by atoms with van der Waals surface area (Å²) in [6.07, 6.45) is 2.45. The van der Waals surface area contributed by atoms with E-state index in [0.29, 0.717) is 26.2 Å². The zero-order valence-electron chi connectivity index (χ0n) is 11.9. The van der Waals surface area contributed by atoms with Gasteiger partial charge in [0.25, 0.3) is 0 Å². The van der Waals surface area contributed by atoms with Crippen LogP contribution in [0.2, 0.25) is 0 Å². The monoisotopic (exact) mass is 265 g/mol. The molecule has 0 aromatic carbocycles. The van der Waals surface area contributed by atoms with Crippen LogP contribution in [-0.4, -0.2) is 47.8 Å². The molecule has 0 unspecified atom stereocenters. The Bertz CT molecular complexity index is 358. The van der Waals surface area contributed by atoms with Crippen molar-refractivity contribution in [3.8, 4) is 6.07 Å². The van der Waals surface area contributed by atoms with Gasteiger partial charge in [-0.2, -0.15) is 5.26 Å². The third-order valence-electron chi connectivity index (χ3n) is 3.73. The topological polar surface area (TPSA) is 64.4 Å². The Morgan fingerprint density at radius 2 is 1.68 bits per heavy atom. The van der Waals surface area contributed by atoms with Crippen LogP contribution >= 0.6 is 0 Å². The first-order chi connectivity index (χ1) is 9.13. The fourth-order valence-electron chi connectivity index (χ4n) is 2.46. The Labute approximate surface area is 115 Å². The maximum absolute atomic E-state index is 12.3. The van der Waals surface area contributed by atoms with E-state index in [1.807, 2.05) is 24.8 Å². The van der Waals surface area contributed by atoms with Gasteiger partial charge in [-0.1, -0.05) is 13.8 Å². The van der Waals surface area contributed by atoms with Gasteiger partial charge < -0.3 is 9.80 Å². The Hall–Kier alpha value is -1.57. The average molecular weight is 265 g/mol. The van der Waals surface area contributed by atoms with E-state index in [0.717, 1.165) is 19.3 Å². The molecule has 1 aliphatic rings. The molecule has 1 heterocycles. The van der Waals surface area contributed by atoms with Gasteiger partial charge in [0, 0.05) is 32.1 Å². The van der Waals surface area contributed by atoms with Gasteiger partial charge >= 0.3 is 0 Å². The van der Waals surface area contributed by atoms with Crippen LogP contribution in [0.1, 0.15) is 39.5 Å². The highest BCUT2D eigenvalue weighted by Gasteiger charge is 2.25. The van der Waals surface area contributed by atoms with Crippen molar-refractivity contribution in [2.75, 3.05) is 26.2 Å². The normalized spacial score (nSPS) is 16.1. The first kappa shape index (κ1) is 15.5. The van der Waals surface area contributed by atoms with Gasteiger partial charge in [0.05, 0.1) is 6.07 Å². The minimum Gasteiger partial charge on any atom is -0.341 e. The van der Waals surface area contributed by atoms with Crippen LogP contribution in [-0.2, 0) is 9.59 Å². The maximum Gasteiger partial charge on any atom is 0.236 e. The number of nitriles is 1. The fraction of sp³-hybridized carbons (Fsp3) is 0.786. The number of carbonyl (C=O) groups excluding carboxylic acids is 2. The standard InChI is InChI=1S/C14H23N3O2/c1-3-12(4-2)14(19)17-9-5-8-16(10-11-17)13(18)6-7-15/h12H,3-6,8-11H2,1-2H3. The molecule has 1 fully saturated rings. The van der Waals surface area contributed by atoms with Gasteiger partial charge in [-0.25, -0.2) is 0 Å². The van der Waals surface area contributed by atoms with Crippen LogP contribution in [0.3, 0.4) is 0 Å². The lowest BCUT2D eigenvalue weighted by atomic mass is 10.0. The zero-order valence-corrected chi connectivity index (χ0v) is 11.9. The summed E-state index contributed by atoms with van der Waals surface area (Å²) in [6, 6.07) is 1.88. The van der Waals surface area contributed by atoms with Crippen LogP contribution in [0.25, 0.3) is 0 Å². The highest BCUT2D eigenvalue weighted by Crippen LogP contribution is 2.14. The molecular formula is C14H23N3O2. The molecule has 1 saturated heterocycles. The lowest BCUT2D eigenvalue weighted by molar-refractivity contribution is -0.136. The van der Waals surface area contributed by atoms with Crippen molar-refractivity contribution in [1.29, 1.82) is 5.26 Å². The molecule has 0 N–H and O–H groups in total. The number of amides is 2. The van der Waals surface area contributed by atoms with Crippen molar-refractivity contribution in [2.24, 2.45) is 5.92 Å². The van der Waals surface area contributed by atoms with Crippen LogP contribution in [0, 0.1) is 17.2 Å². The van der Waals surface area contributed by atoms with E-state index in [2.05, 4.69) is 0 Å². The molecule has 0 aliphatic carbocycles. The summed E-state index contributed by atoms with van der Waals surface area (Å²) in [5.74, 6) is 0.181. The second kappa shape index (κ2) is 7.78. The molecule has 0 atom stereocenters. The minimum atomic E-state index is -0.126. The van der Waals surface area contributed by atoms with Gasteiger partial charge in [0.2, 0.25) is 11.8 Å². The molecule has 0 bridgehead atoms. The number of hydrogen-bond acceptors (Lipinski definition) is 3. The molecule has 0 aromatic rings. The minimum absolute atomic E-state index is 0.0690. The Kier molecular flexibility index (Phi) is 6.34. The van der Waals surface area contributed by atoms with Crippen molar-refractivity contribution >= 4 is 11.8 Å². The second-order valence-corrected chi connectivity index (χ2v) is 4.91. The first-order valence-electron chi connectivity index (χ1n) is 7.07. The molecule has 5 nitrogen and oxygen atoms in total. The van der Waals surface area contributed by atoms with Gasteiger partial charge in [-0.05, 0) is 19.3 Å². The SMILES string of the molecule is CCC(CC)C(=O)N1CCCN(C(=O)CC#N)CC1. The molecular weight excluding hydrogens is 242 g/mol. The van der Waals surface area contributed by atoms with Crippen molar-refractivity contribution in [2.45, 2.75) is 39.5 Å². The van der Waals surface area contributed by atoms with Crippen molar-refractivity contribution in [1.82, 2.24) is 9.80 Å². The van der Waals surface area contributed by atoms with Gasteiger partial charge in [0.1, 0.15) is 6.42 Å². The molecule has 0 radical (unpaired) electrons. The summed E-state index contributed by atoms with van der Waals surface area (Å²) in [7, 11) is 0. The number of carbonyl (C=O) groups is 2. The third-order valence-corrected chi connectivity index (χ3v) is 3.73. The molecule has 19 heavy (non-hydrogen) atoms. The van der Waals surface area contributed by atoms with Crippen molar-refractivity contribution < 1.29 is 9.59 Å². The van der Waals surface area contributed by atoms with Gasteiger partial charge in [-0.15, -0.1) is 0 Å². The Morgan fingerprint density at radius 3 is 2.26 bits per heavy atom. The summed E-state index contributed by atoms with van der Waals surface area (Å²) < 4.78 is 0. The highest BCUT2D eigenvalue weighted by molar-refractivity contribution is 5.80. The van der Waals surface area contributed by atoms with Crippen LogP contribution < -0.4 is 0 Å². The number of rotatable bonds is 4. The maximum atomic E-state index is 12.3. The fourth-order valence-corrected chi connectivity index (χ4v) is 2.46. The van der Waals surface area contributed by atoms with Crippen LogP contribution in [0.15, 0.2) is 0 Å². The molecule has 5 heteroatoms. The van der Waals surface area contributed by atoms with Crippen LogP contribution in [0.4, 0.5) is 0 Å². The molecule has 0 spiro atoms. The van der Waals surface area contributed by atoms with Gasteiger partial charge in [-0.3, -0.25) is 9.59 Å². The summed E-state index contributed by atoms with van der Waals surface area (Å²) in [6.45, 7) is 6.57. The van der Waals surface area contributed by atoms with Crippen molar-refractivity contribution in [3.63, 3.8) is 0 Å². The molecule has 0 aromatic heterocycles. The predicted octanol–water partition coefficient (Wildman–Crippen LogP) is 1.40. The highest BCUT2D eigenvalue weighted by atomic mass is 16.2. The van der Waals surface area contributed by atoms with E-state index in [9.17, 15) is 9.59 Å². The summed E-state index contributed by atoms with van der Waals surface area (Å²) in [5.41, 5.74) is 0. The summed E-state index contributed by atoms with van der Waals surface area (Å²) in [5, 5.41) is 8.55. The quantitative estimate of drug-likeness (QED) is 0.771. The number of nitrogens with zero attached hydrogens (tertiary/aromatic N) is 3. The predicted molar refractivity (Wildman–Crippen MR) is 72.1 cm³/mol. The van der Waals surface area contributed by atoms with E-state index in [1.165, 1.54) is 0 Å². The molecule has 0 saturated carbocycles. The van der Waals surface area contributed by atoms with E-state index in [-0.39, 0.29) is 24.2 Å². The smallest absolute Gasteiger partial charge is 0.236 e. The van der Waals surface area contributed by atoms with E-state index in [4.69, 9.17) is 5.26 Å².